The van der Waals surface area contributed by atoms with Crippen LogP contribution in [-0.2, 0) is 29.0 Å². The van der Waals surface area contributed by atoms with Crippen molar-refractivity contribution < 1.29 is 19.1 Å². The third kappa shape index (κ3) is 7.06. The second-order valence-corrected chi connectivity index (χ2v) is 9.85. The molecule has 2 aromatic heterocycles. The van der Waals surface area contributed by atoms with Gasteiger partial charge in [-0.3, -0.25) is 14.6 Å². The summed E-state index contributed by atoms with van der Waals surface area (Å²) in [6.45, 7) is 6.84. The Morgan fingerprint density at radius 2 is 1.79 bits per heavy atom. The quantitative estimate of drug-likeness (QED) is 0.175. The van der Waals surface area contributed by atoms with Crippen LogP contribution in [0.3, 0.4) is 0 Å². The number of nitrogens with zero attached hydrogens (tertiary/aromatic N) is 5. The molecule has 0 bridgehead atoms. The van der Waals surface area contributed by atoms with Crippen molar-refractivity contribution in [1.29, 1.82) is 0 Å². The molecule has 1 saturated heterocycles. The van der Waals surface area contributed by atoms with E-state index in [9.17, 15) is 14.4 Å². The Hall–Kier alpha value is -3.21. The predicted octanol–water partition coefficient (Wildman–Crippen LogP) is 5.49. The largest absolute Gasteiger partial charge is 0.465 e. The lowest BCUT2D eigenvalue weighted by Crippen LogP contribution is -2.32. The third-order valence-electron chi connectivity index (χ3n) is 6.24. The van der Waals surface area contributed by atoms with Crippen molar-refractivity contribution in [2.45, 2.75) is 53.1 Å². The number of amides is 3. The van der Waals surface area contributed by atoms with E-state index in [4.69, 9.17) is 4.74 Å². The first-order valence-corrected chi connectivity index (χ1v) is 13.2. The second kappa shape index (κ2) is 14.3. The molecule has 9 nitrogen and oxygen atoms in total. The van der Waals surface area contributed by atoms with E-state index in [2.05, 4.69) is 21.5 Å². The number of thiazole rings is 1. The molecule has 12 heteroatoms. The lowest BCUT2D eigenvalue weighted by atomic mass is 10.1. The fourth-order valence-electron chi connectivity index (χ4n) is 4.25. The van der Waals surface area contributed by atoms with Crippen LogP contribution in [0.2, 0.25) is 0 Å². The van der Waals surface area contributed by atoms with Crippen LogP contribution in [0.1, 0.15) is 64.8 Å². The molecule has 0 unspecified atom stereocenters. The molecule has 3 amide bonds. The number of methoxy groups -OCH3 is 1. The van der Waals surface area contributed by atoms with E-state index < -0.39 is 0 Å². The standard InChI is InChI=1S/C27H31N5O4S.2ClH/c1-5-7-8-24-28-14-22(31(24)15-19-9-11-20(12-10-19)26(34)36-4)13-23-25(33)30(6-2)27(35)32(23)16-21-17-37-18(3)29-21;;/h9-14,17H,5-8,15-16H2,1-4H3;2*1H. The van der Waals surface area contributed by atoms with Gasteiger partial charge in [0.25, 0.3) is 5.91 Å². The maximum absolute atomic E-state index is 13.2. The van der Waals surface area contributed by atoms with Crippen molar-refractivity contribution in [3.8, 4) is 0 Å². The molecule has 0 saturated carbocycles. The molecule has 3 heterocycles. The highest BCUT2D eigenvalue weighted by molar-refractivity contribution is 7.09. The summed E-state index contributed by atoms with van der Waals surface area (Å²) < 4.78 is 6.86. The van der Waals surface area contributed by atoms with E-state index in [1.54, 1.807) is 31.3 Å². The smallest absolute Gasteiger partial charge is 0.337 e. The van der Waals surface area contributed by atoms with Gasteiger partial charge in [-0.25, -0.2) is 19.6 Å². The summed E-state index contributed by atoms with van der Waals surface area (Å²) in [4.78, 5) is 50.0. The van der Waals surface area contributed by atoms with Gasteiger partial charge >= 0.3 is 12.0 Å². The zero-order valence-corrected chi connectivity index (χ0v) is 24.8. The maximum atomic E-state index is 13.2. The Morgan fingerprint density at radius 1 is 1.08 bits per heavy atom. The number of unbranched alkanes of at least 4 members (excludes halogenated alkanes) is 1. The van der Waals surface area contributed by atoms with Gasteiger partial charge in [-0.2, -0.15) is 0 Å². The van der Waals surface area contributed by atoms with Crippen molar-refractivity contribution in [3.63, 3.8) is 0 Å². The number of hydrogen-bond acceptors (Lipinski definition) is 7. The van der Waals surface area contributed by atoms with Gasteiger partial charge in [0.2, 0.25) is 0 Å². The Labute approximate surface area is 244 Å². The SMILES string of the molecule is CCCCc1ncc(C=C2C(=O)N(CC)C(=O)N2Cc2csc(C)n2)n1Cc1ccc(C(=O)OC)cc1.Cl.Cl. The number of urea groups is 1. The average Bonchev–Trinajstić information content (AvgIpc) is 3.55. The summed E-state index contributed by atoms with van der Waals surface area (Å²) in [6, 6.07) is 6.88. The number of benzene rings is 1. The number of aryl methyl sites for hydroxylation is 2. The number of imide groups is 1. The average molecular weight is 595 g/mol. The van der Waals surface area contributed by atoms with Gasteiger partial charge in [-0.15, -0.1) is 36.2 Å². The monoisotopic (exact) mass is 593 g/mol. The van der Waals surface area contributed by atoms with Gasteiger partial charge in [-0.1, -0.05) is 25.5 Å². The van der Waals surface area contributed by atoms with Crippen molar-refractivity contribution >= 4 is 60.1 Å². The summed E-state index contributed by atoms with van der Waals surface area (Å²) in [5.74, 6) is 0.185. The lowest BCUT2D eigenvalue weighted by Gasteiger charge is -2.16. The number of likely N-dealkylation sites (N-methyl/N-ethyl adjacent to an activating group) is 1. The summed E-state index contributed by atoms with van der Waals surface area (Å²) in [7, 11) is 1.36. The number of rotatable bonds is 10. The summed E-state index contributed by atoms with van der Waals surface area (Å²) in [6.07, 6.45) is 6.29. The number of esters is 1. The van der Waals surface area contributed by atoms with E-state index >= 15 is 0 Å². The number of imidazole rings is 1. The van der Waals surface area contributed by atoms with Crippen LogP contribution in [0.4, 0.5) is 4.79 Å². The van der Waals surface area contributed by atoms with Crippen LogP contribution in [0, 0.1) is 6.92 Å². The first kappa shape index (κ1) is 32.0. The molecule has 1 fully saturated rings. The van der Waals surface area contributed by atoms with E-state index in [1.807, 2.05) is 24.4 Å². The normalized spacial score (nSPS) is 14.0. The zero-order valence-electron chi connectivity index (χ0n) is 22.4. The number of carbonyl (C=O) groups is 3. The van der Waals surface area contributed by atoms with Crippen molar-refractivity contribution in [3.05, 3.63) is 74.9 Å². The first-order valence-electron chi connectivity index (χ1n) is 12.3. The summed E-state index contributed by atoms with van der Waals surface area (Å²) in [5.41, 5.74) is 3.24. The van der Waals surface area contributed by atoms with E-state index in [1.165, 1.54) is 28.2 Å². The molecule has 210 valence electrons. The van der Waals surface area contributed by atoms with Gasteiger partial charge in [0.1, 0.15) is 11.5 Å². The van der Waals surface area contributed by atoms with Crippen LogP contribution in [0.15, 0.2) is 41.5 Å². The fraction of sp³-hybridized carbons (Fsp3) is 0.370. The lowest BCUT2D eigenvalue weighted by molar-refractivity contribution is -0.122. The number of halogens is 2. The van der Waals surface area contributed by atoms with Crippen LogP contribution >= 0.6 is 36.2 Å². The molecular formula is C27H33Cl2N5O4S. The minimum atomic E-state index is -0.386. The first-order chi connectivity index (χ1) is 17.9. The Kier molecular flexibility index (Phi) is 11.7. The highest BCUT2D eigenvalue weighted by atomic mass is 35.5. The van der Waals surface area contributed by atoms with Gasteiger partial charge in [0.15, 0.2) is 0 Å². The Morgan fingerprint density at radius 3 is 2.38 bits per heavy atom. The van der Waals surface area contributed by atoms with Gasteiger partial charge < -0.3 is 9.30 Å². The molecule has 0 N–H and O–H groups in total. The Bertz CT molecular complexity index is 1340. The summed E-state index contributed by atoms with van der Waals surface area (Å²) >= 11 is 1.51. The Balaban J connectivity index is 0.00000267. The van der Waals surface area contributed by atoms with Gasteiger partial charge in [0, 0.05) is 24.9 Å². The molecule has 1 aliphatic rings. The molecule has 4 rings (SSSR count). The topological polar surface area (TPSA) is 97.6 Å². The highest BCUT2D eigenvalue weighted by Gasteiger charge is 2.40. The summed E-state index contributed by atoms with van der Waals surface area (Å²) in [5, 5.41) is 2.81. The van der Waals surface area contributed by atoms with E-state index in [-0.39, 0.29) is 55.8 Å². The van der Waals surface area contributed by atoms with Crippen LogP contribution < -0.4 is 0 Å². The molecule has 1 aromatic carbocycles. The molecule has 0 spiro atoms. The second-order valence-electron chi connectivity index (χ2n) is 8.78. The fourth-order valence-corrected chi connectivity index (χ4v) is 4.86. The number of ether oxygens (including phenoxy) is 1. The van der Waals surface area contributed by atoms with Crippen LogP contribution in [0.25, 0.3) is 6.08 Å². The minimum Gasteiger partial charge on any atom is -0.465 e. The highest BCUT2D eigenvalue weighted by Crippen LogP contribution is 2.27. The van der Waals surface area contributed by atoms with Crippen LogP contribution in [-0.4, -0.2) is 55.9 Å². The van der Waals surface area contributed by atoms with E-state index in [0.717, 1.165) is 47.0 Å². The maximum Gasteiger partial charge on any atom is 0.337 e. The van der Waals surface area contributed by atoms with Gasteiger partial charge in [-0.05, 0) is 44.0 Å². The number of aromatic nitrogens is 3. The van der Waals surface area contributed by atoms with Crippen LogP contribution in [0.5, 0.6) is 0 Å². The molecular weight excluding hydrogens is 561 g/mol. The minimum absolute atomic E-state index is 0. The predicted molar refractivity (Wildman–Crippen MR) is 155 cm³/mol. The van der Waals surface area contributed by atoms with Crippen molar-refractivity contribution in [2.24, 2.45) is 0 Å². The molecule has 39 heavy (non-hydrogen) atoms. The number of hydrogen-bond donors (Lipinski definition) is 0. The van der Waals surface area contributed by atoms with Gasteiger partial charge in [0.05, 0.1) is 41.8 Å². The van der Waals surface area contributed by atoms with Crippen molar-refractivity contribution in [1.82, 2.24) is 24.3 Å². The van der Waals surface area contributed by atoms with Crippen molar-refractivity contribution in [2.75, 3.05) is 13.7 Å². The molecule has 1 aliphatic heterocycles. The molecule has 3 aromatic rings. The zero-order chi connectivity index (χ0) is 26.5. The molecule has 0 atom stereocenters. The number of carbonyl (C=O) groups excluding carboxylic acids is 3. The molecule has 0 radical (unpaired) electrons. The van der Waals surface area contributed by atoms with E-state index in [0.29, 0.717) is 17.8 Å². The molecule has 0 aliphatic carbocycles. The third-order valence-corrected chi connectivity index (χ3v) is 7.07.